The molecule has 0 aliphatic rings. The Morgan fingerprint density at radius 3 is 2.67 bits per heavy atom. The molecule has 0 aliphatic carbocycles. The molecule has 122 valence electrons. The molecule has 0 saturated heterocycles. The summed E-state index contributed by atoms with van der Waals surface area (Å²) in [5.74, 6) is -0.0575. The third-order valence-corrected chi connectivity index (χ3v) is 4.86. The third-order valence-electron chi connectivity index (χ3n) is 3.39. The summed E-state index contributed by atoms with van der Waals surface area (Å²) in [5, 5.41) is 6.69. The van der Waals surface area contributed by atoms with Crippen molar-refractivity contribution < 1.29 is 4.79 Å². The number of nitrogens with zero attached hydrogens (tertiary/aromatic N) is 1. The summed E-state index contributed by atoms with van der Waals surface area (Å²) in [4.78, 5) is 16.5. The van der Waals surface area contributed by atoms with Gasteiger partial charge in [0, 0.05) is 22.5 Å². The molecular formula is C18H14Cl2N2OS. The number of hydrogen-bond acceptors (Lipinski definition) is 3. The first-order valence-electron chi connectivity index (χ1n) is 7.32. The Labute approximate surface area is 154 Å². The molecule has 0 bridgehead atoms. The molecule has 3 aromatic rings. The number of hydrogen-bond donors (Lipinski definition) is 1. The molecule has 0 unspecified atom stereocenters. The molecule has 1 amide bonds. The minimum atomic E-state index is -0.0575. The van der Waals surface area contributed by atoms with Crippen molar-refractivity contribution in [3.8, 4) is 10.6 Å². The van der Waals surface area contributed by atoms with Gasteiger partial charge in [-0.3, -0.25) is 4.79 Å². The lowest BCUT2D eigenvalue weighted by atomic mass is 10.2. The van der Waals surface area contributed by atoms with E-state index < -0.39 is 0 Å². The van der Waals surface area contributed by atoms with Gasteiger partial charge in [0.05, 0.1) is 17.1 Å². The second kappa shape index (κ2) is 7.79. The van der Waals surface area contributed by atoms with Crippen molar-refractivity contribution in [3.05, 3.63) is 75.2 Å². The van der Waals surface area contributed by atoms with Gasteiger partial charge in [-0.25, -0.2) is 4.98 Å². The molecule has 3 nitrogen and oxygen atoms in total. The molecule has 0 radical (unpaired) electrons. The van der Waals surface area contributed by atoms with E-state index in [0.29, 0.717) is 16.6 Å². The van der Waals surface area contributed by atoms with E-state index in [2.05, 4.69) is 10.3 Å². The molecule has 1 heterocycles. The number of rotatable bonds is 5. The van der Waals surface area contributed by atoms with Crippen LogP contribution in [-0.4, -0.2) is 10.9 Å². The highest BCUT2D eigenvalue weighted by Gasteiger charge is 2.11. The zero-order valence-corrected chi connectivity index (χ0v) is 15.0. The predicted octanol–water partition coefficient (Wildman–Crippen LogP) is 4.98. The van der Waals surface area contributed by atoms with Gasteiger partial charge in [0.1, 0.15) is 5.01 Å². The topological polar surface area (TPSA) is 42.0 Å². The number of benzene rings is 2. The standard InChI is InChI=1S/C18H14Cl2N2OS/c19-13-6-7-15(16(20)8-13)18-22-14(11-24-18)9-17(23)21-10-12-4-2-1-3-5-12/h1-8,11H,9-10H2,(H,21,23). The molecule has 24 heavy (non-hydrogen) atoms. The fraction of sp³-hybridized carbons (Fsp3) is 0.111. The molecule has 3 rings (SSSR count). The van der Waals surface area contributed by atoms with Crippen LogP contribution in [0, 0.1) is 0 Å². The fourth-order valence-corrected chi connectivity index (χ4v) is 3.61. The Kier molecular flexibility index (Phi) is 5.51. The van der Waals surface area contributed by atoms with Gasteiger partial charge in [0.2, 0.25) is 5.91 Å². The molecule has 0 aliphatic heterocycles. The smallest absolute Gasteiger partial charge is 0.226 e. The average molecular weight is 377 g/mol. The van der Waals surface area contributed by atoms with E-state index in [-0.39, 0.29) is 12.3 Å². The minimum Gasteiger partial charge on any atom is -0.352 e. The third kappa shape index (κ3) is 4.35. The largest absolute Gasteiger partial charge is 0.352 e. The van der Waals surface area contributed by atoms with Crippen molar-refractivity contribution in [3.63, 3.8) is 0 Å². The van der Waals surface area contributed by atoms with Crippen LogP contribution in [0.25, 0.3) is 10.6 Å². The molecule has 2 aromatic carbocycles. The van der Waals surface area contributed by atoms with E-state index in [4.69, 9.17) is 23.2 Å². The van der Waals surface area contributed by atoms with Crippen molar-refractivity contribution in [1.82, 2.24) is 10.3 Å². The average Bonchev–Trinajstić information content (AvgIpc) is 3.02. The van der Waals surface area contributed by atoms with Crippen molar-refractivity contribution in [2.45, 2.75) is 13.0 Å². The van der Waals surface area contributed by atoms with Crippen LogP contribution in [0.2, 0.25) is 10.0 Å². The number of halogens is 2. The maximum absolute atomic E-state index is 12.1. The van der Waals surface area contributed by atoms with Crippen LogP contribution >= 0.6 is 34.5 Å². The zero-order valence-electron chi connectivity index (χ0n) is 12.6. The second-order valence-corrected chi connectivity index (χ2v) is 6.91. The van der Waals surface area contributed by atoms with Crippen LogP contribution in [0.5, 0.6) is 0 Å². The van der Waals surface area contributed by atoms with Crippen LogP contribution < -0.4 is 5.32 Å². The number of nitrogens with one attached hydrogen (secondary N) is 1. The normalized spacial score (nSPS) is 10.6. The highest BCUT2D eigenvalue weighted by Crippen LogP contribution is 2.32. The quantitative estimate of drug-likeness (QED) is 0.682. The highest BCUT2D eigenvalue weighted by atomic mass is 35.5. The van der Waals surface area contributed by atoms with E-state index in [1.165, 1.54) is 11.3 Å². The Balaban J connectivity index is 1.62. The SMILES string of the molecule is O=C(Cc1csc(-c2ccc(Cl)cc2Cl)n1)NCc1ccccc1. The summed E-state index contributed by atoms with van der Waals surface area (Å²) in [7, 11) is 0. The van der Waals surface area contributed by atoms with Crippen LogP contribution in [-0.2, 0) is 17.8 Å². The first-order valence-corrected chi connectivity index (χ1v) is 8.96. The Morgan fingerprint density at radius 1 is 1.12 bits per heavy atom. The number of carbonyl (C=O) groups excluding carboxylic acids is 1. The summed E-state index contributed by atoms with van der Waals surface area (Å²) >= 11 is 13.6. The number of carbonyl (C=O) groups is 1. The van der Waals surface area contributed by atoms with Gasteiger partial charge < -0.3 is 5.32 Å². The Hall–Kier alpha value is -1.88. The van der Waals surface area contributed by atoms with E-state index in [0.717, 1.165) is 21.8 Å². The lowest BCUT2D eigenvalue weighted by Crippen LogP contribution is -2.24. The van der Waals surface area contributed by atoms with E-state index in [1.54, 1.807) is 12.1 Å². The van der Waals surface area contributed by atoms with Crippen LogP contribution in [0.4, 0.5) is 0 Å². The van der Waals surface area contributed by atoms with Gasteiger partial charge in [-0.05, 0) is 23.8 Å². The molecule has 0 spiro atoms. The van der Waals surface area contributed by atoms with Gasteiger partial charge >= 0.3 is 0 Å². The van der Waals surface area contributed by atoms with E-state index in [1.807, 2.05) is 41.8 Å². The first kappa shape index (κ1) is 17.0. The van der Waals surface area contributed by atoms with Crippen LogP contribution in [0.3, 0.4) is 0 Å². The Morgan fingerprint density at radius 2 is 1.92 bits per heavy atom. The molecule has 1 aromatic heterocycles. The van der Waals surface area contributed by atoms with Gasteiger partial charge in [-0.2, -0.15) is 0 Å². The monoisotopic (exact) mass is 376 g/mol. The summed E-state index contributed by atoms with van der Waals surface area (Å²) in [6.45, 7) is 0.514. The molecule has 1 N–H and O–H groups in total. The van der Waals surface area contributed by atoms with Crippen molar-refractivity contribution in [2.24, 2.45) is 0 Å². The summed E-state index contributed by atoms with van der Waals surface area (Å²) in [5.41, 5.74) is 2.62. The molecule has 0 fully saturated rings. The lowest BCUT2D eigenvalue weighted by molar-refractivity contribution is -0.120. The molecule has 6 heteroatoms. The van der Waals surface area contributed by atoms with Crippen molar-refractivity contribution >= 4 is 40.4 Å². The maximum Gasteiger partial charge on any atom is 0.226 e. The summed E-state index contributed by atoms with van der Waals surface area (Å²) in [6, 6.07) is 15.1. The Bertz CT molecular complexity index is 849. The zero-order chi connectivity index (χ0) is 16.9. The van der Waals surface area contributed by atoms with E-state index >= 15 is 0 Å². The maximum atomic E-state index is 12.1. The number of thiazole rings is 1. The van der Waals surface area contributed by atoms with Gasteiger partial charge in [0.25, 0.3) is 0 Å². The molecule has 0 saturated carbocycles. The van der Waals surface area contributed by atoms with Gasteiger partial charge in [0.15, 0.2) is 0 Å². The van der Waals surface area contributed by atoms with Gasteiger partial charge in [-0.1, -0.05) is 53.5 Å². The van der Waals surface area contributed by atoms with Crippen molar-refractivity contribution in [2.75, 3.05) is 0 Å². The van der Waals surface area contributed by atoms with Gasteiger partial charge in [-0.15, -0.1) is 11.3 Å². The fourth-order valence-electron chi connectivity index (χ4n) is 2.20. The minimum absolute atomic E-state index is 0.0575. The molecular weight excluding hydrogens is 363 g/mol. The predicted molar refractivity (Wildman–Crippen MR) is 99.6 cm³/mol. The van der Waals surface area contributed by atoms with E-state index in [9.17, 15) is 4.79 Å². The first-order chi connectivity index (χ1) is 11.6. The number of aromatic nitrogens is 1. The molecule has 0 atom stereocenters. The second-order valence-electron chi connectivity index (χ2n) is 5.21. The van der Waals surface area contributed by atoms with Crippen LogP contribution in [0.1, 0.15) is 11.3 Å². The highest BCUT2D eigenvalue weighted by molar-refractivity contribution is 7.13. The van der Waals surface area contributed by atoms with Crippen LogP contribution in [0.15, 0.2) is 53.9 Å². The summed E-state index contributed by atoms with van der Waals surface area (Å²) < 4.78 is 0. The van der Waals surface area contributed by atoms with Crippen molar-refractivity contribution in [1.29, 1.82) is 0 Å². The number of amides is 1. The lowest BCUT2D eigenvalue weighted by Gasteiger charge is -2.04. The summed E-state index contributed by atoms with van der Waals surface area (Å²) in [6.07, 6.45) is 0.245.